The second-order valence-corrected chi connectivity index (χ2v) is 8.16. The summed E-state index contributed by atoms with van der Waals surface area (Å²) >= 11 is 1.60. The van der Waals surface area contributed by atoms with Crippen LogP contribution in [0.3, 0.4) is 0 Å². The van der Waals surface area contributed by atoms with E-state index in [1.54, 1.807) is 24.5 Å². The van der Waals surface area contributed by atoms with Crippen LogP contribution in [-0.2, 0) is 6.54 Å². The average Bonchev–Trinajstić information content (AvgIpc) is 3.32. The van der Waals surface area contributed by atoms with Gasteiger partial charge in [0, 0.05) is 29.7 Å². The molecule has 6 heteroatoms. The minimum Gasteiger partial charge on any atom is -0.497 e. The standard InChI is InChI=1S/C23H27N3O2S/c1-6-11-24-22(27)19-12-21(26(16(19)4)13-15(2)3)20-14-29-23(25-20)17-7-9-18(28-5)10-8-17/h6-10,12,14-15H,1,11,13H2,2-5H3,(H,24,27). The maximum absolute atomic E-state index is 12.6. The van der Waals surface area contributed by atoms with Crippen molar-refractivity contribution < 1.29 is 9.53 Å². The van der Waals surface area contributed by atoms with E-state index in [4.69, 9.17) is 9.72 Å². The van der Waals surface area contributed by atoms with E-state index in [0.717, 1.165) is 39.9 Å². The van der Waals surface area contributed by atoms with Gasteiger partial charge in [-0.15, -0.1) is 17.9 Å². The molecule has 0 unspecified atom stereocenters. The van der Waals surface area contributed by atoms with Crippen LogP contribution in [0.1, 0.15) is 29.9 Å². The molecule has 0 saturated heterocycles. The topological polar surface area (TPSA) is 56.1 Å². The van der Waals surface area contributed by atoms with Gasteiger partial charge in [-0.3, -0.25) is 4.79 Å². The lowest BCUT2D eigenvalue weighted by atomic mass is 10.2. The third-order valence-corrected chi connectivity index (χ3v) is 5.56. The van der Waals surface area contributed by atoms with Crippen LogP contribution in [0, 0.1) is 12.8 Å². The van der Waals surface area contributed by atoms with E-state index >= 15 is 0 Å². The second-order valence-electron chi connectivity index (χ2n) is 7.30. The zero-order valence-corrected chi connectivity index (χ0v) is 18.2. The number of carbonyl (C=O) groups excluding carboxylic acids is 1. The van der Waals surface area contributed by atoms with Gasteiger partial charge in [-0.1, -0.05) is 19.9 Å². The highest BCUT2D eigenvalue weighted by Crippen LogP contribution is 2.32. The zero-order chi connectivity index (χ0) is 21.0. The lowest BCUT2D eigenvalue weighted by Gasteiger charge is -2.13. The summed E-state index contributed by atoms with van der Waals surface area (Å²) in [6.07, 6.45) is 1.68. The van der Waals surface area contributed by atoms with Crippen LogP contribution >= 0.6 is 11.3 Å². The predicted octanol–water partition coefficient (Wildman–Crippen LogP) is 5.17. The van der Waals surface area contributed by atoms with Crippen LogP contribution in [0.4, 0.5) is 0 Å². The fraction of sp³-hybridized carbons (Fsp3) is 0.304. The third kappa shape index (κ3) is 4.59. The summed E-state index contributed by atoms with van der Waals surface area (Å²) in [7, 11) is 1.66. The first-order valence-electron chi connectivity index (χ1n) is 9.64. The molecule has 0 radical (unpaired) electrons. The lowest BCUT2D eigenvalue weighted by molar-refractivity contribution is 0.0957. The summed E-state index contributed by atoms with van der Waals surface area (Å²) in [6, 6.07) is 9.83. The monoisotopic (exact) mass is 409 g/mol. The molecule has 0 spiro atoms. The first-order chi connectivity index (χ1) is 13.9. The van der Waals surface area contributed by atoms with Gasteiger partial charge < -0.3 is 14.6 Å². The molecule has 0 saturated carbocycles. The molecule has 1 N–H and O–H groups in total. The van der Waals surface area contributed by atoms with Gasteiger partial charge in [0.15, 0.2) is 0 Å². The van der Waals surface area contributed by atoms with E-state index in [-0.39, 0.29) is 5.91 Å². The van der Waals surface area contributed by atoms with Gasteiger partial charge in [-0.25, -0.2) is 4.98 Å². The molecule has 152 valence electrons. The van der Waals surface area contributed by atoms with Crippen molar-refractivity contribution in [1.29, 1.82) is 0 Å². The molecule has 1 aromatic carbocycles. The Hall–Kier alpha value is -2.86. The highest BCUT2D eigenvalue weighted by molar-refractivity contribution is 7.13. The lowest BCUT2D eigenvalue weighted by Crippen LogP contribution is -2.23. The molecule has 5 nitrogen and oxygen atoms in total. The average molecular weight is 410 g/mol. The Bertz CT molecular complexity index is 1000. The van der Waals surface area contributed by atoms with Crippen LogP contribution < -0.4 is 10.1 Å². The number of nitrogens with one attached hydrogen (secondary N) is 1. The maximum atomic E-state index is 12.6. The Kier molecular flexibility index (Phi) is 6.54. The van der Waals surface area contributed by atoms with Crippen molar-refractivity contribution in [2.75, 3.05) is 13.7 Å². The summed E-state index contributed by atoms with van der Waals surface area (Å²) in [5.41, 5.74) is 4.53. The number of amides is 1. The van der Waals surface area contributed by atoms with Crippen molar-refractivity contribution in [2.24, 2.45) is 5.92 Å². The van der Waals surface area contributed by atoms with Gasteiger partial charge in [-0.05, 0) is 43.2 Å². The molecule has 2 aromatic heterocycles. The fourth-order valence-electron chi connectivity index (χ4n) is 3.21. The molecule has 1 amide bonds. The van der Waals surface area contributed by atoms with Crippen molar-refractivity contribution in [2.45, 2.75) is 27.3 Å². The van der Waals surface area contributed by atoms with E-state index in [0.29, 0.717) is 18.0 Å². The fourth-order valence-corrected chi connectivity index (χ4v) is 4.03. The minimum atomic E-state index is -0.0863. The molecule has 0 atom stereocenters. The third-order valence-electron chi connectivity index (χ3n) is 4.67. The van der Waals surface area contributed by atoms with Gasteiger partial charge in [-0.2, -0.15) is 0 Å². The summed E-state index contributed by atoms with van der Waals surface area (Å²) in [4.78, 5) is 17.5. The van der Waals surface area contributed by atoms with Gasteiger partial charge in [0.1, 0.15) is 10.8 Å². The first-order valence-corrected chi connectivity index (χ1v) is 10.5. The number of carbonyl (C=O) groups is 1. The Labute approximate surface area is 176 Å². The van der Waals surface area contributed by atoms with Gasteiger partial charge in [0.25, 0.3) is 5.91 Å². The number of rotatable bonds is 8. The van der Waals surface area contributed by atoms with Crippen molar-refractivity contribution in [3.8, 4) is 27.7 Å². The molecular weight excluding hydrogens is 382 g/mol. The normalized spacial score (nSPS) is 10.9. The molecule has 3 aromatic rings. The Morgan fingerprint density at radius 3 is 2.69 bits per heavy atom. The van der Waals surface area contributed by atoms with Crippen LogP contribution in [0.5, 0.6) is 5.75 Å². The van der Waals surface area contributed by atoms with E-state index in [1.807, 2.05) is 37.3 Å². The predicted molar refractivity (Wildman–Crippen MR) is 120 cm³/mol. The summed E-state index contributed by atoms with van der Waals surface area (Å²) < 4.78 is 7.43. The van der Waals surface area contributed by atoms with Gasteiger partial charge >= 0.3 is 0 Å². The summed E-state index contributed by atoms with van der Waals surface area (Å²) in [5, 5.41) is 5.87. The van der Waals surface area contributed by atoms with Crippen LogP contribution in [0.15, 0.2) is 48.4 Å². The SMILES string of the molecule is C=CCNC(=O)c1cc(-c2csc(-c3ccc(OC)cc3)n2)n(CC(C)C)c1C. The number of nitrogens with zero attached hydrogens (tertiary/aromatic N) is 2. The van der Waals surface area contributed by atoms with Crippen LogP contribution in [0.25, 0.3) is 22.0 Å². The zero-order valence-electron chi connectivity index (χ0n) is 17.4. The molecule has 0 aliphatic rings. The van der Waals surface area contributed by atoms with E-state index in [9.17, 15) is 4.79 Å². The van der Waals surface area contributed by atoms with Gasteiger partial charge in [0.2, 0.25) is 0 Å². The number of ether oxygens (including phenoxy) is 1. The Morgan fingerprint density at radius 2 is 2.07 bits per heavy atom. The van der Waals surface area contributed by atoms with Crippen LogP contribution in [0.2, 0.25) is 0 Å². The highest BCUT2D eigenvalue weighted by atomic mass is 32.1. The summed E-state index contributed by atoms with van der Waals surface area (Å²) in [6.45, 7) is 11.3. The molecular formula is C23H27N3O2S. The van der Waals surface area contributed by atoms with E-state index < -0.39 is 0 Å². The van der Waals surface area contributed by atoms with Crippen molar-refractivity contribution in [3.63, 3.8) is 0 Å². The van der Waals surface area contributed by atoms with E-state index in [1.165, 1.54) is 0 Å². The smallest absolute Gasteiger partial charge is 0.253 e. The minimum absolute atomic E-state index is 0.0863. The highest BCUT2D eigenvalue weighted by Gasteiger charge is 2.20. The molecule has 0 fully saturated rings. The number of aromatic nitrogens is 2. The number of benzene rings is 1. The molecule has 2 heterocycles. The second kappa shape index (κ2) is 9.09. The van der Waals surface area contributed by atoms with Crippen molar-refractivity contribution in [3.05, 3.63) is 59.6 Å². The number of thiazole rings is 1. The molecule has 0 bridgehead atoms. The molecule has 29 heavy (non-hydrogen) atoms. The Balaban J connectivity index is 1.99. The van der Waals surface area contributed by atoms with Crippen molar-refractivity contribution >= 4 is 17.2 Å². The number of methoxy groups -OCH3 is 1. The molecule has 3 rings (SSSR count). The first kappa shape index (κ1) is 20.9. The molecule has 0 aliphatic heterocycles. The largest absolute Gasteiger partial charge is 0.497 e. The van der Waals surface area contributed by atoms with Crippen LogP contribution in [-0.4, -0.2) is 29.1 Å². The molecule has 0 aliphatic carbocycles. The van der Waals surface area contributed by atoms with Crippen molar-refractivity contribution in [1.82, 2.24) is 14.9 Å². The van der Waals surface area contributed by atoms with Gasteiger partial charge in [0.05, 0.1) is 24.1 Å². The summed E-state index contributed by atoms with van der Waals surface area (Å²) in [5.74, 6) is 1.18. The maximum Gasteiger partial charge on any atom is 0.253 e. The number of hydrogen-bond donors (Lipinski definition) is 1. The quantitative estimate of drug-likeness (QED) is 0.522. The van der Waals surface area contributed by atoms with E-state index in [2.05, 4.69) is 35.7 Å². The number of hydrogen-bond acceptors (Lipinski definition) is 4. The Morgan fingerprint density at radius 1 is 1.34 bits per heavy atom.